The maximum Gasteiger partial charge on any atom is 0.0774 e. The van der Waals surface area contributed by atoms with E-state index in [9.17, 15) is 5.11 Å². The van der Waals surface area contributed by atoms with E-state index in [4.69, 9.17) is 0 Å². The molecule has 2 aliphatic rings. The molecule has 2 heteroatoms. The molecule has 88 valence electrons. The van der Waals surface area contributed by atoms with Crippen molar-refractivity contribution in [3.8, 4) is 0 Å². The molecular weight excluding hydrogens is 186 g/mol. The number of hydrogen-bond donors (Lipinski definition) is 2. The highest BCUT2D eigenvalue weighted by atomic mass is 16.3. The molecule has 0 aromatic carbocycles. The van der Waals surface area contributed by atoms with Crippen molar-refractivity contribution in [2.75, 3.05) is 13.1 Å². The highest BCUT2D eigenvalue weighted by Gasteiger charge is 2.37. The van der Waals surface area contributed by atoms with Gasteiger partial charge < -0.3 is 10.4 Å². The van der Waals surface area contributed by atoms with E-state index >= 15 is 0 Å². The first-order chi connectivity index (χ1) is 6.99. The van der Waals surface area contributed by atoms with E-state index in [1.807, 2.05) is 0 Å². The fraction of sp³-hybridized carbons (Fsp3) is 1.00. The van der Waals surface area contributed by atoms with E-state index in [1.54, 1.807) is 0 Å². The molecule has 2 unspecified atom stereocenters. The summed E-state index contributed by atoms with van der Waals surface area (Å²) in [7, 11) is 0. The first-order valence-electron chi connectivity index (χ1n) is 6.42. The Morgan fingerprint density at radius 3 is 2.67 bits per heavy atom. The van der Waals surface area contributed by atoms with Crippen LogP contribution in [0, 0.1) is 11.3 Å². The molecule has 1 saturated carbocycles. The van der Waals surface area contributed by atoms with Crippen molar-refractivity contribution in [3.63, 3.8) is 0 Å². The Kier molecular flexibility index (Phi) is 3.09. The second-order valence-electron chi connectivity index (χ2n) is 6.48. The van der Waals surface area contributed by atoms with Gasteiger partial charge in [0.1, 0.15) is 0 Å². The normalized spacial score (nSPS) is 40.6. The Morgan fingerprint density at radius 2 is 2.13 bits per heavy atom. The molecule has 2 nitrogen and oxygen atoms in total. The molecule has 1 saturated heterocycles. The molecule has 0 radical (unpaired) electrons. The molecule has 2 atom stereocenters. The zero-order chi connectivity index (χ0) is 10.9. The molecule has 0 amide bonds. The van der Waals surface area contributed by atoms with Crippen LogP contribution < -0.4 is 5.32 Å². The highest BCUT2D eigenvalue weighted by Crippen LogP contribution is 2.44. The topological polar surface area (TPSA) is 32.3 Å². The van der Waals surface area contributed by atoms with Crippen LogP contribution in [0.25, 0.3) is 0 Å². The zero-order valence-corrected chi connectivity index (χ0v) is 10.2. The van der Waals surface area contributed by atoms with Gasteiger partial charge in [0.15, 0.2) is 0 Å². The van der Waals surface area contributed by atoms with Gasteiger partial charge in [-0.1, -0.05) is 13.8 Å². The van der Waals surface area contributed by atoms with E-state index in [-0.39, 0.29) is 0 Å². The Balaban J connectivity index is 1.86. The lowest BCUT2D eigenvalue weighted by Gasteiger charge is -2.35. The average molecular weight is 211 g/mol. The smallest absolute Gasteiger partial charge is 0.0774 e. The van der Waals surface area contributed by atoms with E-state index in [0.29, 0.717) is 5.41 Å². The SMILES string of the molecule is CC1(C)CCC(CC2(O)CCCNC2)C1. The molecule has 1 aliphatic heterocycles. The molecule has 2 fully saturated rings. The molecule has 2 rings (SSSR count). The summed E-state index contributed by atoms with van der Waals surface area (Å²) in [6.07, 6.45) is 7.10. The lowest BCUT2D eigenvalue weighted by atomic mass is 9.82. The van der Waals surface area contributed by atoms with Crippen molar-refractivity contribution in [1.82, 2.24) is 5.32 Å². The van der Waals surface area contributed by atoms with E-state index < -0.39 is 5.60 Å². The van der Waals surface area contributed by atoms with Crippen LogP contribution in [-0.2, 0) is 0 Å². The van der Waals surface area contributed by atoms with Crippen molar-refractivity contribution in [2.45, 2.75) is 58.0 Å². The molecule has 0 spiro atoms. The predicted molar refractivity (Wildman–Crippen MR) is 62.8 cm³/mol. The Labute approximate surface area is 93.5 Å². The van der Waals surface area contributed by atoms with Crippen molar-refractivity contribution < 1.29 is 5.11 Å². The maximum atomic E-state index is 10.4. The summed E-state index contributed by atoms with van der Waals surface area (Å²) in [5.74, 6) is 0.755. The van der Waals surface area contributed by atoms with Gasteiger partial charge in [0.25, 0.3) is 0 Å². The van der Waals surface area contributed by atoms with E-state index in [2.05, 4.69) is 19.2 Å². The van der Waals surface area contributed by atoms with Gasteiger partial charge in [0, 0.05) is 6.54 Å². The van der Waals surface area contributed by atoms with Crippen molar-refractivity contribution in [1.29, 1.82) is 0 Å². The monoisotopic (exact) mass is 211 g/mol. The maximum absolute atomic E-state index is 10.4. The molecule has 0 bridgehead atoms. The third kappa shape index (κ3) is 2.94. The van der Waals surface area contributed by atoms with Crippen molar-refractivity contribution in [3.05, 3.63) is 0 Å². The summed E-state index contributed by atoms with van der Waals surface area (Å²) in [4.78, 5) is 0. The Bertz CT molecular complexity index is 219. The summed E-state index contributed by atoms with van der Waals surface area (Å²) >= 11 is 0. The molecule has 0 aromatic rings. The minimum atomic E-state index is -0.399. The third-order valence-electron chi connectivity index (χ3n) is 4.19. The van der Waals surface area contributed by atoms with Crippen LogP contribution in [0.1, 0.15) is 52.4 Å². The van der Waals surface area contributed by atoms with Crippen molar-refractivity contribution in [2.24, 2.45) is 11.3 Å². The lowest BCUT2D eigenvalue weighted by Crippen LogP contribution is -2.46. The van der Waals surface area contributed by atoms with Gasteiger partial charge in [0.2, 0.25) is 0 Å². The molecule has 2 N–H and O–H groups in total. The number of β-amino-alcohol motifs (C(OH)–C–C–N with tert-alkyl or cyclic N) is 1. The summed E-state index contributed by atoms with van der Waals surface area (Å²) in [5, 5.41) is 13.8. The summed E-state index contributed by atoms with van der Waals surface area (Å²) in [5.41, 5.74) is 0.118. The molecule has 0 aromatic heterocycles. The van der Waals surface area contributed by atoms with Crippen LogP contribution in [0.4, 0.5) is 0 Å². The summed E-state index contributed by atoms with van der Waals surface area (Å²) < 4.78 is 0. The van der Waals surface area contributed by atoms with Crippen LogP contribution >= 0.6 is 0 Å². The number of hydrogen-bond acceptors (Lipinski definition) is 2. The fourth-order valence-electron chi connectivity index (χ4n) is 3.42. The van der Waals surface area contributed by atoms with Gasteiger partial charge in [-0.2, -0.15) is 0 Å². The van der Waals surface area contributed by atoms with Crippen molar-refractivity contribution >= 4 is 0 Å². The first-order valence-corrected chi connectivity index (χ1v) is 6.42. The molecule has 15 heavy (non-hydrogen) atoms. The minimum Gasteiger partial charge on any atom is -0.389 e. The van der Waals surface area contributed by atoms with Gasteiger partial charge in [-0.15, -0.1) is 0 Å². The average Bonchev–Trinajstić information content (AvgIpc) is 2.45. The second kappa shape index (κ2) is 4.06. The van der Waals surface area contributed by atoms with Gasteiger partial charge in [-0.3, -0.25) is 0 Å². The minimum absolute atomic E-state index is 0.399. The van der Waals surface area contributed by atoms with E-state index in [0.717, 1.165) is 38.3 Å². The zero-order valence-electron chi connectivity index (χ0n) is 10.2. The first kappa shape index (κ1) is 11.4. The highest BCUT2D eigenvalue weighted by molar-refractivity contribution is 4.91. The Morgan fingerprint density at radius 1 is 1.33 bits per heavy atom. The number of piperidine rings is 1. The van der Waals surface area contributed by atoms with Crippen LogP contribution in [0.5, 0.6) is 0 Å². The standard InChI is InChI=1S/C13H25NO/c1-12(2)6-4-11(8-12)9-13(15)5-3-7-14-10-13/h11,14-15H,3-10H2,1-2H3. The third-order valence-corrected chi connectivity index (χ3v) is 4.19. The Hall–Kier alpha value is -0.0800. The quantitative estimate of drug-likeness (QED) is 0.734. The largest absolute Gasteiger partial charge is 0.389 e. The van der Waals surface area contributed by atoms with Gasteiger partial charge in [0.05, 0.1) is 5.60 Å². The molecule has 1 heterocycles. The molecule has 1 aliphatic carbocycles. The van der Waals surface area contributed by atoms with Gasteiger partial charge >= 0.3 is 0 Å². The van der Waals surface area contributed by atoms with Crippen LogP contribution in [0.2, 0.25) is 0 Å². The van der Waals surface area contributed by atoms with Crippen LogP contribution in [-0.4, -0.2) is 23.8 Å². The number of aliphatic hydroxyl groups is 1. The van der Waals surface area contributed by atoms with E-state index in [1.165, 1.54) is 19.3 Å². The fourth-order valence-corrected chi connectivity index (χ4v) is 3.42. The van der Waals surface area contributed by atoms with Gasteiger partial charge in [-0.05, 0) is 56.4 Å². The summed E-state index contributed by atoms with van der Waals surface area (Å²) in [6.45, 7) is 6.61. The van der Waals surface area contributed by atoms with Crippen LogP contribution in [0.15, 0.2) is 0 Å². The summed E-state index contributed by atoms with van der Waals surface area (Å²) in [6, 6.07) is 0. The number of nitrogens with one attached hydrogen (secondary N) is 1. The lowest BCUT2D eigenvalue weighted by molar-refractivity contribution is -0.00606. The number of rotatable bonds is 2. The van der Waals surface area contributed by atoms with Crippen LogP contribution in [0.3, 0.4) is 0 Å². The molecular formula is C13H25NO. The predicted octanol–water partition coefficient (Wildman–Crippen LogP) is 2.32. The van der Waals surface area contributed by atoms with Gasteiger partial charge in [-0.25, -0.2) is 0 Å². The second-order valence-corrected chi connectivity index (χ2v) is 6.48.